The van der Waals surface area contributed by atoms with Crippen LogP contribution in [-0.4, -0.2) is 110 Å². The van der Waals surface area contributed by atoms with Gasteiger partial charge < -0.3 is 34.8 Å². The number of nitrogens with zero attached hydrogens (tertiary/aromatic N) is 7. The molecule has 5 heterocycles. The predicted molar refractivity (Wildman–Crippen MR) is 181 cm³/mol. The summed E-state index contributed by atoms with van der Waals surface area (Å²) in [4.78, 5) is 59.4. The molecule has 0 spiro atoms. The molecular formula is C33H35ClF3N9O6. The van der Waals surface area contributed by atoms with Crippen molar-refractivity contribution in [3.8, 4) is 22.8 Å². The molecule has 19 heteroatoms. The first-order valence-corrected chi connectivity index (χ1v) is 16.4. The lowest BCUT2D eigenvalue weighted by Crippen LogP contribution is -2.52. The number of piperazine rings is 1. The van der Waals surface area contributed by atoms with E-state index in [2.05, 4.69) is 25.7 Å². The van der Waals surface area contributed by atoms with E-state index >= 15 is 0 Å². The van der Waals surface area contributed by atoms with E-state index < -0.39 is 17.8 Å². The normalized spacial score (nSPS) is 15.0. The van der Waals surface area contributed by atoms with Crippen molar-refractivity contribution in [3.63, 3.8) is 0 Å². The molecule has 2 aliphatic rings. The van der Waals surface area contributed by atoms with Crippen molar-refractivity contribution in [1.29, 1.82) is 0 Å². The first kappa shape index (κ1) is 37.8. The highest BCUT2D eigenvalue weighted by Gasteiger charge is 2.39. The third-order valence-electron chi connectivity index (χ3n) is 8.66. The number of amides is 3. The highest BCUT2D eigenvalue weighted by molar-refractivity contribution is 6.34. The molecule has 0 saturated carbocycles. The number of carbonyl (C=O) groups excluding carboxylic acids is 3. The van der Waals surface area contributed by atoms with Gasteiger partial charge in [0.25, 0.3) is 18.3 Å². The maximum absolute atomic E-state index is 14.1. The summed E-state index contributed by atoms with van der Waals surface area (Å²) >= 11 is 6.48. The molecule has 0 atom stereocenters. The Bertz CT molecular complexity index is 1940. The number of carbonyl (C=O) groups is 4. The smallest absolute Gasteiger partial charge is 0.435 e. The zero-order chi connectivity index (χ0) is 37.6. The fourth-order valence-corrected chi connectivity index (χ4v) is 6.25. The van der Waals surface area contributed by atoms with E-state index in [-0.39, 0.29) is 63.4 Å². The Morgan fingerprint density at radius 2 is 1.73 bits per heavy atom. The number of halogens is 4. The van der Waals surface area contributed by atoms with Crippen LogP contribution in [0.5, 0.6) is 5.75 Å². The monoisotopic (exact) mass is 745 g/mol. The second kappa shape index (κ2) is 16.2. The Morgan fingerprint density at radius 1 is 1.06 bits per heavy atom. The van der Waals surface area contributed by atoms with Crippen LogP contribution >= 0.6 is 11.6 Å². The number of alkyl halides is 3. The molecule has 2 aliphatic heterocycles. The highest BCUT2D eigenvalue weighted by atomic mass is 35.5. The topological polar surface area (TPSA) is 177 Å². The minimum atomic E-state index is -4.82. The number of pyridine rings is 1. The molecule has 1 aromatic carbocycles. The van der Waals surface area contributed by atoms with Crippen LogP contribution in [0.25, 0.3) is 17.1 Å². The van der Waals surface area contributed by atoms with Gasteiger partial charge in [-0.2, -0.15) is 18.3 Å². The molecule has 3 N–H and O–H groups in total. The summed E-state index contributed by atoms with van der Waals surface area (Å²) in [6, 6.07) is 7.40. The number of anilines is 1. The van der Waals surface area contributed by atoms with Gasteiger partial charge in [-0.05, 0) is 50.2 Å². The highest BCUT2D eigenvalue weighted by Crippen LogP contribution is 2.37. The minimum Gasteiger partial charge on any atom is -0.497 e. The molecule has 2 saturated heterocycles. The van der Waals surface area contributed by atoms with Crippen LogP contribution in [0.15, 0.2) is 48.9 Å². The molecule has 0 aliphatic carbocycles. The van der Waals surface area contributed by atoms with Gasteiger partial charge in [0.05, 0.1) is 35.2 Å². The average Bonchev–Trinajstić information content (AvgIpc) is 3.76. The van der Waals surface area contributed by atoms with Crippen molar-refractivity contribution >= 4 is 41.5 Å². The minimum absolute atomic E-state index is 0.0108. The zero-order valence-electron chi connectivity index (χ0n) is 28.1. The molecule has 2 fully saturated rings. The van der Waals surface area contributed by atoms with Crippen molar-refractivity contribution in [1.82, 2.24) is 39.4 Å². The number of benzene rings is 1. The summed E-state index contributed by atoms with van der Waals surface area (Å²) in [5.74, 6) is -0.565. The lowest BCUT2D eigenvalue weighted by Gasteiger charge is -2.37. The number of nitrogens with one attached hydrogen (secondary N) is 2. The van der Waals surface area contributed by atoms with E-state index in [9.17, 15) is 27.6 Å². The van der Waals surface area contributed by atoms with Gasteiger partial charge in [-0.25, -0.2) is 14.6 Å². The quantitative estimate of drug-likeness (QED) is 0.237. The third kappa shape index (κ3) is 8.34. The Morgan fingerprint density at radius 3 is 2.37 bits per heavy atom. The molecule has 52 heavy (non-hydrogen) atoms. The number of aromatic nitrogens is 5. The van der Waals surface area contributed by atoms with E-state index in [1.807, 2.05) is 4.90 Å². The molecule has 0 radical (unpaired) electrons. The number of rotatable bonds is 7. The molecule has 3 amide bonds. The number of carboxylic acid groups (broad SMARTS) is 1. The first-order chi connectivity index (χ1) is 24.9. The van der Waals surface area contributed by atoms with Crippen LogP contribution < -0.4 is 15.4 Å². The lowest BCUT2D eigenvalue weighted by atomic mass is 9.96. The van der Waals surface area contributed by atoms with Crippen LogP contribution in [0.3, 0.4) is 0 Å². The van der Waals surface area contributed by atoms with Crippen molar-refractivity contribution in [2.24, 2.45) is 13.0 Å². The van der Waals surface area contributed by atoms with E-state index in [0.717, 1.165) is 43.0 Å². The van der Waals surface area contributed by atoms with Crippen LogP contribution in [0.1, 0.15) is 39.5 Å². The first-order valence-electron chi connectivity index (χ1n) is 16.0. The number of piperidine rings is 1. The van der Waals surface area contributed by atoms with Crippen LogP contribution in [-0.2, 0) is 22.8 Å². The second-order valence-corrected chi connectivity index (χ2v) is 12.2. The zero-order valence-corrected chi connectivity index (χ0v) is 28.8. The Labute approximate surface area is 300 Å². The van der Waals surface area contributed by atoms with Crippen molar-refractivity contribution in [2.75, 3.05) is 51.7 Å². The van der Waals surface area contributed by atoms with E-state index in [4.69, 9.17) is 26.2 Å². The summed E-state index contributed by atoms with van der Waals surface area (Å²) in [6.07, 6.45) is 0.492. The van der Waals surface area contributed by atoms with Gasteiger partial charge in [0.15, 0.2) is 17.3 Å². The van der Waals surface area contributed by atoms with Gasteiger partial charge in [-0.1, -0.05) is 11.6 Å². The number of ether oxygens (including phenoxy) is 1. The van der Waals surface area contributed by atoms with Gasteiger partial charge >= 0.3 is 6.18 Å². The summed E-state index contributed by atoms with van der Waals surface area (Å²) < 4.78 is 49.6. The maximum atomic E-state index is 14.1. The fraction of sp³-hybridized carbons (Fsp3) is 0.364. The number of hydrogen-bond donors (Lipinski definition) is 3. The molecule has 4 aromatic rings. The number of imidazole rings is 1. The van der Waals surface area contributed by atoms with Crippen LogP contribution in [0.4, 0.5) is 18.9 Å². The number of methoxy groups -OCH3 is 1. The average molecular weight is 746 g/mol. The third-order valence-corrected chi connectivity index (χ3v) is 8.97. The molecule has 6 rings (SSSR count). The van der Waals surface area contributed by atoms with E-state index in [0.29, 0.717) is 31.9 Å². The van der Waals surface area contributed by atoms with Gasteiger partial charge in [-0.15, -0.1) is 0 Å². The fourth-order valence-electron chi connectivity index (χ4n) is 5.99. The molecular weight excluding hydrogens is 711 g/mol. The van der Waals surface area contributed by atoms with Crippen molar-refractivity contribution < 1.29 is 42.2 Å². The van der Waals surface area contributed by atoms with Crippen molar-refractivity contribution in [3.05, 3.63) is 71.0 Å². The largest absolute Gasteiger partial charge is 0.497 e. The summed E-state index contributed by atoms with van der Waals surface area (Å²) in [7, 11) is 2.83. The van der Waals surface area contributed by atoms with Crippen molar-refractivity contribution in [2.45, 2.75) is 19.0 Å². The molecule has 15 nitrogen and oxygen atoms in total. The lowest BCUT2D eigenvalue weighted by molar-refractivity contribution is -0.141. The SMILES string of the molecule is COc1ccnc(-n2cc(-c3cnc(C(=O)Nc4ccc(C(=O)N5CCN(C(=O)C6CCNCC6)CC5)c(Cl)c4)n3C)c(C(F)(F)F)n2)c1.O=CO. The predicted octanol–water partition coefficient (Wildman–Crippen LogP) is 3.59. The Hall–Kier alpha value is -5.49. The Balaban J connectivity index is 0.00000168. The molecule has 276 valence electrons. The van der Waals surface area contributed by atoms with Crippen LogP contribution in [0, 0.1) is 5.92 Å². The van der Waals surface area contributed by atoms with Gasteiger partial charge in [0.2, 0.25) is 5.91 Å². The van der Waals surface area contributed by atoms with Crippen LogP contribution in [0.2, 0.25) is 5.02 Å². The van der Waals surface area contributed by atoms with Gasteiger partial charge in [-0.3, -0.25) is 19.2 Å². The Kier molecular flexibility index (Phi) is 11.8. The molecule has 0 bridgehead atoms. The second-order valence-electron chi connectivity index (χ2n) is 11.8. The summed E-state index contributed by atoms with van der Waals surface area (Å²) in [5.41, 5.74) is -1.02. The standard InChI is InChI=1S/C32H33ClF3N9O4.CH2O2/c1-42-25(23-18-45(41-27(23)32(34,35)36)26-16-21(49-2)7-10-38-26)17-39-28(42)29(46)40-20-3-4-22(24(33)15-20)31(48)44-13-11-43(12-14-44)30(47)19-5-8-37-9-6-19;2-1-3/h3-4,7,10,15-19,37H,5-6,8-9,11-14H2,1-2H3,(H,40,46);1H,(H,2,3). The van der Waals surface area contributed by atoms with Gasteiger partial charge in [0.1, 0.15) is 5.75 Å². The molecule has 3 aromatic heterocycles. The summed E-state index contributed by atoms with van der Waals surface area (Å²) in [6.45, 7) is 3.02. The summed E-state index contributed by atoms with van der Waals surface area (Å²) in [5, 5.41) is 16.6. The van der Waals surface area contributed by atoms with E-state index in [1.165, 1.54) is 49.2 Å². The number of hydrogen-bond acceptors (Lipinski definition) is 9. The van der Waals surface area contributed by atoms with Gasteiger partial charge in [0, 0.05) is 63.3 Å². The van der Waals surface area contributed by atoms with E-state index in [1.54, 1.807) is 11.0 Å². The molecule has 0 unspecified atom stereocenters. The maximum Gasteiger partial charge on any atom is 0.435 e.